The number of rotatable bonds is 3. The van der Waals surface area contributed by atoms with E-state index in [0.29, 0.717) is 0 Å². The van der Waals surface area contributed by atoms with Gasteiger partial charge in [0.05, 0.1) is 23.7 Å². The molecule has 0 saturated heterocycles. The van der Waals surface area contributed by atoms with E-state index in [4.69, 9.17) is 14.1 Å². The van der Waals surface area contributed by atoms with Gasteiger partial charge < -0.3 is 19.0 Å². The number of furan rings is 1. The highest BCUT2D eigenvalue weighted by atomic mass is 16.5. The molecule has 0 spiro atoms. The van der Waals surface area contributed by atoms with Crippen molar-refractivity contribution in [1.82, 2.24) is 9.88 Å². The van der Waals surface area contributed by atoms with Crippen LogP contribution in [0.3, 0.4) is 0 Å². The first kappa shape index (κ1) is 28.0. The Morgan fingerprint density at radius 2 is 1.57 bits per heavy atom. The lowest BCUT2D eigenvalue weighted by molar-refractivity contribution is 0.223. The molecule has 0 atom stereocenters. The van der Waals surface area contributed by atoms with Crippen LogP contribution in [0.2, 0.25) is 0 Å². The fraction of sp³-hybridized carbons (Fsp3) is 0.214. The van der Waals surface area contributed by atoms with E-state index in [-0.39, 0.29) is 11.0 Å². The summed E-state index contributed by atoms with van der Waals surface area (Å²) in [7, 11) is 0. The number of nitrogens with zero attached hydrogens (tertiary/aromatic N) is 3. The summed E-state index contributed by atoms with van der Waals surface area (Å²) in [5.41, 5.74) is 10.8. The molecular weight excluding hydrogens is 578 g/mol. The summed E-state index contributed by atoms with van der Waals surface area (Å²) in [5.74, 6) is 1.58. The predicted molar refractivity (Wildman–Crippen MR) is 193 cm³/mol. The van der Waals surface area contributed by atoms with Gasteiger partial charge in [-0.3, -0.25) is 4.98 Å². The van der Waals surface area contributed by atoms with E-state index in [1.54, 1.807) is 0 Å². The number of hydrogen-bond donors (Lipinski definition) is 0. The Bertz CT molecular complexity index is 2400. The Morgan fingerprint density at radius 3 is 2.38 bits per heavy atom. The summed E-state index contributed by atoms with van der Waals surface area (Å²) in [6.45, 7) is 14.3. The van der Waals surface area contributed by atoms with Crippen molar-refractivity contribution in [2.75, 3.05) is 11.6 Å². The second kappa shape index (κ2) is 9.62. The van der Waals surface area contributed by atoms with Crippen molar-refractivity contribution in [3.05, 3.63) is 115 Å². The van der Waals surface area contributed by atoms with Crippen LogP contribution >= 0.6 is 0 Å². The van der Waals surface area contributed by atoms with Crippen LogP contribution in [0.5, 0.6) is 11.5 Å². The minimum atomic E-state index is -0.0154. The number of benzene rings is 5. The number of fused-ring (bicyclic) bond motifs is 6. The molecule has 5 heteroatoms. The largest absolute Gasteiger partial charge is 0.457 e. The molecule has 0 aliphatic carbocycles. The fourth-order valence-corrected chi connectivity index (χ4v) is 7.22. The molecule has 0 unspecified atom stereocenters. The number of pyridine rings is 1. The van der Waals surface area contributed by atoms with Gasteiger partial charge in [0, 0.05) is 56.9 Å². The third-order valence-corrected chi connectivity index (χ3v) is 9.84. The van der Waals surface area contributed by atoms with Crippen molar-refractivity contribution in [1.29, 1.82) is 0 Å². The van der Waals surface area contributed by atoms with E-state index < -0.39 is 0 Å². The average Bonchev–Trinajstić information content (AvgIpc) is 3.68. The summed E-state index contributed by atoms with van der Waals surface area (Å²) in [6, 6.07) is 32.2. The molecule has 232 valence electrons. The van der Waals surface area contributed by atoms with Crippen LogP contribution in [0, 0.1) is 0 Å². The lowest BCUT2D eigenvalue weighted by Crippen LogP contribution is -2.39. The predicted octanol–water partition coefficient (Wildman–Crippen LogP) is 11.2. The van der Waals surface area contributed by atoms with Gasteiger partial charge in [-0.15, -0.1) is 0 Å². The number of anilines is 1. The summed E-state index contributed by atoms with van der Waals surface area (Å²) in [4.78, 5) is 9.69. The fourth-order valence-electron chi connectivity index (χ4n) is 7.22. The van der Waals surface area contributed by atoms with Crippen molar-refractivity contribution in [3.8, 4) is 33.9 Å². The van der Waals surface area contributed by atoms with Gasteiger partial charge in [0.15, 0.2) is 0 Å². The molecule has 0 radical (unpaired) electrons. The van der Waals surface area contributed by atoms with E-state index in [2.05, 4.69) is 149 Å². The second-order valence-corrected chi connectivity index (χ2v) is 14.9. The summed E-state index contributed by atoms with van der Waals surface area (Å²) in [6.07, 6.45) is 4.21. The molecule has 5 nitrogen and oxygen atoms in total. The number of aromatic nitrogens is 1. The highest BCUT2D eigenvalue weighted by Gasteiger charge is 2.35. The summed E-state index contributed by atoms with van der Waals surface area (Å²) < 4.78 is 13.5. The van der Waals surface area contributed by atoms with Crippen LogP contribution in [0.15, 0.2) is 108 Å². The third kappa shape index (κ3) is 4.26. The van der Waals surface area contributed by atoms with E-state index in [9.17, 15) is 0 Å². The van der Waals surface area contributed by atoms with Crippen LogP contribution in [-0.2, 0) is 5.41 Å². The quantitative estimate of drug-likeness (QED) is 0.185. The topological polar surface area (TPSA) is 41.7 Å². The monoisotopic (exact) mass is 615 g/mol. The molecule has 2 aliphatic rings. The first-order valence-electron chi connectivity index (χ1n) is 16.4. The standard InChI is InChI=1S/C42H37N3O2/c1-41(2,3)26-18-19-43-33(20-26)32-22-37(31-16-14-25-10-9-13-36-38(25)39(31)40(32)47-36)46-27-15-17-30-28-11-7-8-12-29(28)35-23-44(42(4,5)6)24-45(35)34(30)21-27/h7-23H,24H2,1-6H3. The highest BCUT2D eigenvalue weighted by Crippen LogP contribution is 2.50. The molecule has 0 amide bonds. The van der Waals surface area contributed by atoms with E-state index in [1.165, 1.54) is 28.0 Å². The Labute approximate surface area is 275 Å². The Morgan fingerprint density at radius 1 is 0.745 bits per heavy atom. The zero-order valence-electron chi connectivity index (χ0n) is 27.7. The van der Waals surface area contributed by atoms with E-state index in [1.807, 2.05) is 6.20 Å². The molecule has 47 heavy (non-hydrogen) atoms. The normalized spacial score (nSPS) is 14.6. The smallest absolute Gasteiger partial charge is 0.145 e. The van der Waals surface area contributed by atoms with Crippen LogP contribution in [-0.4, -0.2) is 22.1 Å². The molecule has 0 saturated carbocycles. The lowest BCUT2D eigenvalue weighted by atomic mass is 9.86. The Hall–Kier alpha value is -5.29. The SMILES string of the molecule is CC(C)(C)c1ccnc(-c2cc(Oc3ccc4c(c3)N3CN(C(C)(C)C)C=C3c3ccccc3-4)c3ccc4cccc5oc2c3c45)c1. The minimum absolute atomic E-state index is 0.00108. The molecule has 9 rings (SSSR count). The van der Waals surface area contributed by atoms with Gasteiger partial charge in [0.25, 0.3) is 0 Å². The molecule has 7 aromatic rings. The van der Waals surface area contributed by atoms with Crippen molar-refractivity contribution < 1.29 is 9.15 Å². The number of ether oxygens (including phenoxy) is 1. The Balaban J connectivity index is 1.22. The van der Waals surface area contributed by atoms with Crippen molar-refractivity contribution in [3.63, 3.8) is 0 Å². The van der Waals surface area contributed by atoms with Gasteiger partial charge in [-0.05, 0) is 85.2 Å². The molecule has 4 heterocycles. The van der Waals surface area contributed by atoms with Gasteiger partial charge in [0.2, 0.25) is 0 Å². The number of hydrogen-bond acceptors (Lipinski definition) is 5. The van der Waals surface area contributed by atoms with Gasteiger partial charge in [-0.1, -0.05) is 63.2 Å². The van der Waals surface area contributed by atoms with Crippen LogP contribution in [0.25, 0.3) is 60.8 Å². The van der Waals surface area contributed by atoms with E-state index in [0.717, 1.165) is 67.8 Å². The lowest BCUT2D eigenvalue weighted by Gasteiger charge is -2.35. The van der Waals surface area contributed by atoms with Gasteiger partial charge in [0.1, 0.15) is 22.7 Å². The zero-order valence-corrected chi connectivity index (χ0v) is 27.7. The molecular formula is C42H37N3O2. The molecule has 2 aromatic heterocycles. The highest BCUT2D eigenvalue weighted by molar-refractivity contribution is 6.25. The second-order valence-electron chi connectivity index (χ2n) is 14.9. The first-order chi connectivity index (χ1) is 22.5. The zero-order chi connectivity index (χ0) is 32.2. The molecule has 0 N–H and O–H groups in total. The maximum Gasteiger partial charge on any atom is 0.145 e. The van der Waals surface area contributed by atoms with E-state index >= 15 is 0 Å². The maximum atomic E-state index is 6.93. The maximum absolute atomic E-state index is 6.93. The Kier molecular flexibility index (Phi) is 5.72. The molecule has 0 bridgehead atoms. The average molecular weight is 616 g/mol. The van der Waals surface area contributed by atoms with Gasteiger partial charge >= 0.3 is 0 Å². The molecule has 2 aliphatic heterocycles. The van der Waals surface area contributed by atoms with Crippen LogP contribution in [0.1, 0.15) is 52.7 Å². The van der Waals surface area contributed by atoms with Crippen LogP contribution in [0.4, 0.5) is 5.69 Å². The van der Waals surface area contributed by atoms with Crippen LogP contribution < -0.4 is 9.64 Å². The van der Waals surface area contributed by atoms with Crippen molar-refractivity contribution >= 4 is 44.1 Å². The van der Waals surface area contributed by atoms with Gasteiger partial charge in [-0.2, -0.15) is 0 Å². The molecule has 5 aromatic carbocycles. The summed E-state index contributed by atoms with van der Waals surface area (Å²) in [5, 5.41) is 4.37. The van der Waals surface area contributed by atoms with Gasteiger partial charge in [-0.25, -0.2) is 0 Å². The van der Waals surface area contributed by atoms with Crippen molar-refractivity contribution in [2.45, 2.75) is 52.5 Å². The first-order valence-corrected chi connectivity index (χ1v) is 16.4. The van der Waals surface area contributed by atoms with Crippen molar-refractivity contribution in [2.24, 2.45) is 0 Å². The minimum Gasteiger partial charge on any atom is -0.457 e. The molecule has 0 fully saturated rings. The third-order valence-electron chi connectivity index (χ3n) is 9.84. The summed E-state index contributed by atoms with van der Waals surface area (Å²) >= 11 is 0.